The number of aryl methyl sites for hydroxylation is 1. The van der Waals surface area contributed by atoms with Gasteiger partial charge in [0.1, 0.15) is 23.7 Å². The van der Waals surface area contributed by atoms with Crippen molar-refractivity contribution in [2.24, 2.45) is 11.3 Å². The van der Waals surface area contributed by atoms with Crippen LogP contribution in [0.3, 0.4) is 0 Å². The molecular weight excluding hydrogens is 304 g/mol. The zero-order chi connectivity index (χ0) is 17.2. The summed E-state index contributed by atoms with van der Waals surface area (Å²) in [7, 11) is 0. The summed E-state index contributed by atoms with van der Waals surface area (Å²) >= 11 is 0. The third-order valence-corrected chi connectivity index (χ3v) is 6.10. The lowest BCUT2D eigenvalue weighted by Crippen LogP contribution is -2.20. The molecule has 1 N–H and O–H groups in total. The Hall–Kier alpha value is -1.81. The number of aliphatic hydroxyl groups excluding tert-OH is 1. The van der Waals surface area contributed by atoms with Gasteiger partial charge in [-0.2, -0.15) is 0 Å². The summed E-state index contributed by atoms with van der Waals surface area (Å²) in [5.74, 6) is 1.41. The molecule has 24 heavy (non-hydrogen) atoms. The van der Waals surface area contributed by atoms with Crippen LogP contribution in [0.4, 0.5) is 0 Å². The van der Waals surface area contributed by atoms with Crippen LogP contribution in [0.2, 0.25) is 0 Å². The number of fused-ring (bicyclic) bond motifs is 6. The Morgan fingerprint density at radius 3 is 2.92 bits per heavy atom. The third kappa shape index (κ3) is 2.20. The number of esters is 1. The van der Waals surface area contributed by atoms with Crippen LogP contribution < -0.4 is 0 Å². The van der Waals surface area contributed by atoms with Gasteiger partial charge in [-0.05, 0) is 50.8 Å². The van der Waals surface area contributed by atoms with E-state index in [1.807, 2.05) is 26.0 Å². The SMILES string of the molecule is C=C(C)[C@@H]1CCC2=C[C@H](OC2=O)[C@@]2(C)C[C@@H]2c2cc(C)c(o2)[C@H]1O. The van der Waals surface area contributed by atoms with E-state index < -0.39 is 6.10 Å². The van der Waals surface area contributed by atoms with Crippen LogP contribution in [0, 0.1) is 18.3 Å². The lowest BCUT2D eigenvalue weighted by molar-refractivity contribution is -0.142. The van der Waals surface area contributed by atoms with Crippen molar-refractivity contribution in [3.05, 3.63) is 47.0 Å². The smallest absolute Gasteiger partial charge is 0.334 e. The first-order valence-electron chi connectivity index (χ1n) is 8.66. The highest BCUT2D eigenvalue weighted by atomic mass is 16.5. The van der Waals surface area contributed by atoms with Crippen molar-refractivity contribution in [2.75, 3.05) is 0 Å². The molecule has 5 atom stereocenters. The summed E-state index contributed by atoms with van der Waals surface area (Å²) in [6, 6.07) is 2.03. The van der Waals surface area contributed by atoms with E-state index in [9.17, 15) is 9.90 Å². The van der Waals surface area contributed by atoms with E-state index in [0.29, 0.717) is 18.6 Å². The molecule has 0 spiro atoms. The summed E-state index contributed by atoms with van der Waals surface area (Å²) in [6.07, 6.45) is 3.27. The van der Waals surface area contributed by atoms with Crippen molar-refractivity contribution in [1.29, 1.82) is 0 Å². The Morgan fingerprint density at radius 2 is 2.21 bits per heavy atom. The topological polar surface area (TPSA) is 59.7 Å². The quantitative estimate of drug-likeness (QED) is 0.626. The van der Waals surface area contributed by atoms with Crippen molar-refractivity contribution in [1.82, 2.24) is 0 Å². The number of ether oxygens (including phenoxy) is 1. The monoisotopic (exact) mass is 328 g/mol. The van der Waals surface area contributed by atoms with Gasteiger partial charge in [0.2, 0.25) is 0 Å². The van der Waals surface area contributed by atoms with E-state index in [-0.39, 0.29) is 29.3 Å². The van der Waals surface area contributed by atoms with Crippen LogP contribution in [0.1, 0.15) is 62.2 Å². The molecule has 128 valence electrons. The molecule has 0 radical (unpaired) electrons. The molecule has 0 amide bonds. The summed E-state index contributed by atoms with van der Waals surface area (Å²) in [5, 5.41) is 10.9. The standard InChI is InChI=1S/C20H24O4/c1-10(2)13-6-5-12-8-16(24-19(12)22)20(4)9-14(20)15-7-11(3)18(23-15)17(13)21/h7-8,13-14,16-17,21H,1,5-6,9H2,2-4H3/t13-,14+,16-,17-,20-/m0/s1. The largest absolute Gasteiger partial charge is 0.463 e. The fourth-order valence-electron chi connectivity index (χ4n) is 4.26. The highest BCUT2D eigenvalue weighted by Gasteiger charge is 2.60. The predicted molar refractivity (Wildman–Crippen MR) is 89.4 cm³/mol. The van der Waals surface area contributed by atoms with Crippen molar-refractivity contribution < 1.29 is 19.1 Å². The van der Waals surface area contributed by atoms with E-state index in [4.69, 9.17) is 9.15 Å². The van der Waals surface area contributed by atoms with Crippen molar-refractivity contribution >= 4 is 5.97 Å². The van der Waals surface area contributed by atoms with Gasteiger partial charge in [-0.15, -0.1) is 0 Å². The van der Waals surface area contributed by atoms with Gasteiger partial charge in [0.25, 0.3) is 0 Å². The van der Waals surface area contributed by atoms with E-state index in [0.717, 1.165) is 28.9 Å². The summed E-state index contributed by atoms with van der Waals surface area (Å²) in [4.78, 5) is 12.2. The second-order valence-corrected chi connectivity index (χ2v) is 7.91. The zero-order valence-electron chi connectivity index (χ0n) is 14.5. The average Bonchev–Trinajstić information content (AvgIpc) is 2.86. The molecule has 1 aromatic rings. The highest BCUT2D eigenvalue weighted by molar-refractivity contribution is 5.91. The summed E-state index contributed by atoms with van der Waals surface area (Å²) < 4.78 is 11.7. The lowest BCUT2D eigenvalue weighted by atomic mass is 9.87. The molecule has 4 bridgehead atoms. The molecule has 4 heteroatoms. The molecule has 1 aliphatic carbocycles. The number of rotatable bonds is 1. The minimum Gasteiger partial charge on any atom is -0.463 e. The van der Waals surface area contributed by atoms with Gasteiger partial charge in [0, 0.05) is 22.8 Å². The van der Waals surface area contributed by atoms with Crippen LogP contribution in [-0.4, -0.2) is 17.2 Å². The van der Waals surface area contributed by atoms with Gasteiger partial charge >= 0.3 is 5.97 Å². The van der Waals surface area contributed by atoms with E-state index >= 15 is 0 Å². The molecule has 0 unspecified atom stereocenters. The van der Waals surface area contributed by atoms with Crippen LogP contribution >= 0.6 is 0 Å². The summed E-state index contributed by atoms with van der Waals surface area (Å²) in [5.41, 5.74) is 2.52. The molecule has 4 rings (SSSR count). The fourth-order valence-corrected chi connectivity index (χ4v) is 4.26. The van der Waals surface area contributed by atoms with Crippen LogP contribution in [-0.2, 0) is 9.53 Å². The Labute approximate surface area is 142 Å². The second kappa shape index (κ2) is 5.09. The third-order valence-electron chi connectivity index (χ3n) is 6.10. The maximum Gasteiger partial charge on any atom is 0.334 e. The lowest BCUT2D eigenvalue weighted by Gasteiger charge is -2.22. The molecule has 0 aromatic carbocycles. The Balaban J connectivity index is 1.78. The van der Waals surface area contributed by atoms with Gasteiger partial charge in [-0.3, -0.25) is 0 Å². The molecule has 1 aromatic heterocycles. The number of furan rings is 1. The molecule has 0 saturated heterocycles. The number of carbonyl (C=O) groups is 1. The molecule has 3 heterocycles. The number of aliphatic hydroxyl groups is 1. The molecule has 1 fully saturated rings. The maximum absolute atomic E-state index is 12.2. The Kier molecular flexibility index (Phi) is 3.33. The first-order chi connectivity index (χ1) is 11.3. The van der Waals surface area contributed by atoms with Crippen molar-refractivity contribution in [3.63, 3.8) is 0 Å². The van der Waals surface area contributed by atoms with Crippen molar-refractivity contribution in [2.45, 2.75) is 58.2 Å². The normalized spacial score (nSPS) is 37.7. The van der Waals surface area contributed by atoms with E-state index in [1.54, 1.807) is 0 Å². The maximum atomic E-state index is 12.2. The van der Waals surface area contributed by atoms with Crippen molar-refractivity contribution in [3.8, 4) is 0 Å². The number of hydrogen-bond acceptors (Lipinski definition) is 4. The van der Waals surface area contributed by atoms with Gasteiger partial charge in [0.05, 0.1) is 0 Å². The number of hydrogen-bond donors (Lipinski definition) is 1. The minimum absolute atomic E-state index is 0.100. The molecule has 4 nitrogen and oxygen atoms in total. The van der Waals surface area contributed by atoms with E-state index in [2.05, 4.69) is 13.5 Å². The molecular formula is C20H24O4. The summed E-state index contributed by atoms with van der Waals surface area (Å²) in [6.45, 7) is 10.1. The zero-order valence-corrected chi connectivity index (χ0v) is 14.5. The van der Waals surface area contributed by atoms with Crippen LogP contribution in [0.5, 0.6) is 0 Å². The Morgan fingerprint density at radius 1 is 1.46 bits per heavy atom. The average molecular weight is 328 g/mol. The molecule has 3 aliphatic rings. The minimum atomic E-state index is -0.727. The molecule has 2 aliphatic heterocycles. The van der Waals surface area contributed by atoms with Gasteiger partial charge in [-0.1, -0.05) is 19.1 Å². The highest BCUT2D eigenvalue weighted by Crippen LogP contribution is 2.63. The van der Waals surface area contributed by atoms with Gasteiger partial charge in [0.15, 0.2) is 0 Å². The first-order valence-corrected chi connectivity index (χ1v) is 8.66. The van der Waals surface area contributed by atoms with Gasteiger partial charge < -0.3 is 14.3 Å². The number of carbonyl (C=O) groups excluding carboxylic acids is 1. The fraction of sp³-hybridized carbons (Fsp3) is 0.550. The predicted octanol–water partition coefficient (Wildman–Crippen LogP) is 3.95. The van der Waals surface area contributed by atoms with Gasteiger partial charge in [-0.25, -0.2) is 4.79 Å². The molecule has 1 saturated carbocycles. The second-order valence-electron chi connectivity index (χ2n) is 7.91. The van der Waals surface area contributed by atoms with Crippen LogP contribution in [0.15, 0.2) is 34.3 Å². The first kappa shape index (κ1) is 15.7. The van der Waals surface area contributed by atoms with E-state index in [1.165, 1.54) is 0 Å². The van der Waals surface area contributed by atoms with Crippen LogP contribution in [0.25, 0.3) is 0 Å². The Bertz CT molecular complexity index is 756.